The Kier molecular flexibility index (Phi) is 5.20. The molecule has 1 aliphatic carbocycles. The molecule has 0 radical (unpaired) electrons. The van der Waals surface area contributed by atoms with Crippen LogP contribution in [0, 0.1) is 17.7 Å². The average Bonchev–Trinajstić information content (AvgIpc) is 2.37. The van der Waals surface area contributed by atoms with Gasteiger partial charge in [-0.1, -0.05) is 42.1 Å². The monoisotopic (exact) mass is 363 g/mol. The molecule has 0 spiro atoms. The number of hydrogen-bond acceptors (Lipinski definition) is 2. The van der Waals surface area contributed by atoms with Crippen LogP contribution in [0.3, 0.4) is 0 Å². The van der Waals surface area contributed by atoms with Crippen molar-refractivity contribution in [2.75, 3.05) is 6.54 Å². The fourth-order valence-electron chi connectivity index (χ4n) is 2.68. The fraction of sp³-hybridized carbons (Fsp3) is 0.571. The maximum absolute atomic E-state index is 13.7. The normalized spacial score (nSPS) is 23.8. The van der Waals surface area contributed by atoms with Gasteiger partial charge in [-0.15, -0.1) is 0 Å². The van der Waals surface area contributed by atoms with E-state index in [-0.39, 0.29) is 4.90 Å². The zero-order chi connectivity index (χ0) is 14.8. The molecule has 6 heteroatoms. The molecule has 0 amide bonds. The minimum absolute atomic E-state index is 0.288. The third-order valence-electron chi connectivity index (χ3n) is 4.01. The summed E-state index contributed by atoms with van der Waals surface area (Å²) < 4.78 is 41.1. The highest BCUT2D eigenvalue weighted by Crippen LogP contribution is 2.29. The summed E-state index contributed by atoms with van der Waals surface area (Å²) in [6.07, 6.45) is 4.53. The fourth-order valence-corrected chi connectivity index (χ4v) is 4.17. The van der Waals surface area contributed by atoms with Gasteiger partial charge >= 0.3 is 0 Å². The van der Waals surface area contributed by atoms with E-state index in [0.717, 1.165) is 25.3 Å². The Bertz CT molecular complexity index is 577. The summed E-state index contributed by atoms with van der Waals surface area (Å²) in [6, 6.07) is 3.98. The van der Waals surface area contributed by atoms with Gasteiger partial charge in [0.15, 0.2) is 0 Å². The van der Waals surface area contributed by atoms with Gasteiger partial charge in [-0.2, -0.15) is 0 Å². The van der Waals surface area contributed by atoms with Gasteiger partial charge in [0.05, 0.1) is 0 Å². The second-order valence-corrected chi connectivity index (χ2v) is 8.10. The van der Waals surface area contributed by atoms with Gasteiger partial charge in [0.1, 0.15) is 10.7 Å². The molecular weight excluding hydrogens is 345 g/mol. The van der Waals surface area contributed by atoms with Crippen molar-refractivity contribution in [3.8, 4) is 0 Å². The Morgan fingerprint density at radius 1 is 1.35 bits per heavy atom. The number of rotatable bonds is 4. The first-order valence-electron chi connectivity index (χ1n) is 6.85. The molecule has 1 aromatic carbocycles. The molecule has 1 N–H and O–H groups in total. The van der Waals surface area contributed by atoms with Gasteiger partial charge in [-0.25, -0.2) is 17.5 Å². The van der Waals surface area contributed by atoms with Crippen molar-refractivity contribution in [1.29, 1.82) is 0 Å². The predicted molar refractivity (Wildman–Crippen MR) is 80.4 cm³/mol. The van der Waals surface area contributed by atoms with Crippen molar-refractivity contribution in [1.82, 2.24) is 4.72 Å². The van der Waals surface area contributed by atoms with E-state index in [0.29, 0.717) is 22.9 Å². The largest absolute Gasteiger partial charge is 0.243 e. The topological polar surface area (TPSA) is 46.2 Å². The highest BCUT2D eigenvalue weighted by Gasteiger charge is 2.25. The second-order valence-electron chi connectivity index (χ2n) is 5.45. The molecule has 0 aromatic heterocycles. The molecule has 1 fully saturated rings. The minimum atomic E-state index is -3.78. The molecular formula is C14H19BrFNO2S. The smallest absolute Gasteiger partial charge is 0.211 e. The molecule has 0 aliphatic heterocycles. The minimum Gasteiger partial charge on any atom is -0.211 e. The zero-order valence-electron chi connectivity index (χ0n) is 11.4. The molecule has 2 unspecified atom stereocenters. The van der Waals surface area contributed by atoms with Gasteiger partial charge < -0.3 is 0 Å². The highest BCUT2D eigenvalue weighted by atomic mass is 79.9. The van der Waals surface area contributed by atoms with Gasteiger partial charge in [-0.3, -0.25) is 0 Å². The van der Waals surface area contributed by atoms with Crippen molar-refractivity contribution in [2.45, 2.75) is 37.5 Å². The van der Waals surface area contributed by atoms with Crippen LogP contribution in [0.25, 0.3) is 0 Å². The van der Waals surface area contributed by atoms with Gasteiger partial charge in [-0.05, 0) is 36.5 Å². The average molecular weight is 364 g/mol. The summed E-state index contributed by atoms with van der Waals surface area (Å²) in [4.78, 5) is -0.288. The summed E-state index contributed by atoms with van der Waals surface area (Å²) in [5, 5.41) is 0. The first-order chi connectivity index (χ1) is 9.40. The van der Waals surface area contributed by atoms with Crippen LogP contribution in [-0.4, -0.2) is 15.0 Å². The Labute approximate surface area is 128 Å². The van der Waals surface area contributed by atoms with Crippen molar-refractivity contribution < 1.29 is 12.8 Å². The summed E-state index contributed by atoms with van der Waals surface area (Å²) in [5.74, 6) is 0.127. The standard InChI is InChI=1S/C14H19BrFNO2S/c1-10-4-2-3-5-11(10)9-17-20(18,19)14-7-6-12(15)8-13(14)16/h6-8,10-11,17H,2-5,9H2,1H3. The lowest BCUT2D eigenvalue weighted by atomic mass is 9.81. The second kappa shape index (κ2) is 6.54. The first-order valence-corrected chi connectivity index (χ1v) is 9.12. The Hall–Kier alpha value is -0.460. The van der Waals surface area contributed by atoms with E-state index < -0.39 is 15.8 Å². The third kappa shape index (κ3) is 3.80. The SMILES string of the molecule is CC1CCCCC1CNS(=O)(=O)c1ccc(Br)cc1F. The predicted octanol–water partition coefficient (Wildman–Crippen LogP) is 3.69. The van der Waals surface area contributed by atoms with Gasteiger partial charge in [0.25, 0.3) is 0 Å². The van der Waals surface area contributed by atoms with Gasteiger partial charge in [0, 0.05) is 11.0 Å². The molecule has 1 aromatic rings. The van der Waals surface area contributed by atoms with Crippen LogP contribution < -0.4 is 4.72 Å². The molecule has 2 atom stereocenters. The summed E-state index contributed by atoms with van der Waals surface area (Å²) in [7, 11) is -3.78. The lowest BCUT2D eigenvalue weighted by molar-refractivity contribution is 0.257. The quantitative estimate of drug-likeness (QED) is 0.886. The van der Waals surface area contributed by atoms with Crippen LogP contribution >= 0.6 is 15.9 Å². The van der Waals surface area contributed by atoms with Crippen LogP contribution in [-0.2, 0) is 10.0 Å². The molecule has 0 saturated heterocycles. The highest BCUT2D eigenvalue weighted by molar-refractivity contribution is 9.10. The molecule has 2 rings (SSSR count). The van der Waals surface area contributed by atoms with E-state index in [1.54, 1.807) is 0 Å². The first kappa shape index (κ1) is 15.9. The number of hydrogen-bond donors (Lipinski definition) is 1. The van der Waals surface area contributed by atoms with Crippen LogP contribution in [0.5, 0.6) is 0 Å². The third-order valence-corrected chi connectivity index (χ3v) is 5.96. The Morgan fingerprint density at radius 3 is 2.70 bits per heavy atom. The molecule has 112 valence electrons. The van der Waals surface area contributed by atoms with E-state index in [4.69, 9.17) is 0 Å². The van der Waals surface area contributed by atoms with Crippen molar-refractivity contribution in [3.63, 3.8) is 0 Å². The molecule has 20 heavy (non-hydrogen) atoms. The van der Waals surface area contributed by atoms with Crippen LogP contribution in [0.2, 0.25) is 0 Å². The summed E-state index contributed by atoms with van der Waals surface area (Å²) in [6.45, 7) is 2.54. The molecule has 0 heterocycles. The van der Waals surface area contributed by atoms with Crippen LogP contribution in [0.1, 0.15) is 32.6 Å². The maximum atomic E-state index is 13.7. The maximum Gasteiger partial charge on any atom is 0.243 e. The lowest BCUT2D eigenvalue weighted by Gasteiger charge is -2.28. The van der Waals surface area contributed by atoms with Crippen molar-refractivity contribution >= 4 is 26.0 Å². The van der Waals surface area contributed by atoms with E-state index in [9.17, 15) is 12.8 Å². The van der Waals surface area contributed by atoms with Crippen LogP contribution in [0.15, 0.2) is 27.6 Å². The number of halogens is 2. The number of nitrogens with one attached hydrogen (secondary N) is 1. The van der Waals surface area contributed by atoms with E-state index in [1.807, 2.05) is 0 Å². The molecule has 3 nitrogen and oxygen atoms in total. The molecule has 1 saturated carbocycles. The van der Waals surface area contributed by atoms with E-state index in [1.165, 1.54) is 18.6 Å². The lowest BCUT2D eigenvalue weighted by Crippen LogP contribution is -2.33. The molecule has 1 aliphatic rings. The Morgan fingerprint density at radius 2 is 2.05 bits per heavy atom. The van der Waals surface area contributed by atoms with E-state index in [2.05, 4.69) is 27.6 Å². The summed E-state index contributed by atoms with van der Waals surface area (Å²) >= 11 is 3.12. The van der Waals surface area contributed by atoms with E-state index >= 15 is 0 Å². The summed E-state index contributed by atoms with van der Waals surface area (Å²) in [5.41, 5.74) is 0. The number of benzene rings is 1. The molecule has 0 bridgehead atoms. The Balaban J connectivity index is 2.07. The van der Waals surface area contributed by atoms with Crippen molar-refractivity contribution in [2.24, 2.45) is 11.8 Å². The van der Waals surface area contributed by atoms with Crippen molar-refractivity contribution in [3.05, 3.63) is 28.5 Å². The number of sulfonamides is 1. The van der Waals surface area contributed by atoms with Crippen LogP contribution in [0.4, 0.5) is 4.39 Å². The zero-order valence-corrected chi connectivity index (χ0v) is 13.8. The van der Waals surface area contributed by atoms with Gasteiger partial charge in [0.2, 0.25) is 10.0 Å².